The van der Waals surface area contributed by atoms with Crippen LogP contribution in [0.25, 0.3) is 0 Å². The Morgan fingerprint density at radius 3 is 2.58 bits per heavy atom. The minimum absolute atomic E-state index is 0.115. The Hall–Kier alpha value is -1.82. The van der Waals surface area contributed by atoms with Crippen molar-refractivity contribution in [3.63, 3.8) is 0 Å². The van der Waals surface area contributed by atoms with E-state index in [0.29, 0.717) is 18.0 Å². The molecule has 0 bridgehead atoms. The number of halogens is 2. The van der Waals surface area contributed by atoms with Gasteiger partial charge in [0.25, 0.3) is 0 Å². The number of aromatic nitrogens is 2. The fourth-order valence-electron chi connectivity index (χ4n) is 2.30. The quantitative estimate of drug-likeness (QED) is 0.656. The topological polar surface area (TPSA) is 38.0 Å². The van der Waals surface area contributed by atoms with E-state index in [1.54, 1.807) is 23.9 Å². The van der Waals surface area contributed by atoms with Gasteiger partial charge in [0.05, 0.1) is 12.3 Å². The first kappa shape index (κ1) is 17.0. The molecule has 124 valence electrons. The van der Waals surface area contributed by atoms with Gasteiger partial charge in [-0.25, -0.2) is 9.37 Å². The molecule has 0 aliphatic rings. The molecule has 0 saturated heterocycles. The van der Waals surface area contributed by atoms with Crippen molar-refractivity contribution in [3.8, 4) is 0 Å². The molecule has 1 N–H and O–H groups in total. The van der Waals surface area contributed by atoms with Gasteiger partial charge in [0.1, 0.15) is 5.82 Å². The summed E-state index contributed by atoms with van der Waals surface area (Å²) < 4.78 is 15.0. The predicted octanol–water partition coefficient (Wildman–Crippen LogP) is 4.51. The number of benzene rings is 2. The van der Waals surface area contributed by atoms with Crippen molar-refractivity contribution in [1.29, 1.82) is 0 Å². The summed E-state index contributed by atoms with van der Waals surface area (Å²) in [6, 6.07) is 14.1. The monoisotopic (exact) mass is 362 g/mol. The minimum Gasteiger partial charge on any atom is -0.390 e. The summed E-state index contributed by atoms with van der Waals surface area (Å²) in [7, 11) is 0. The van der Waals surface area contributed by atoms with Gasteiger partial charge in [0.2, 0.25) is 0 Å². The van der Waals surface area contributed by atoms with E-state index in [4.69, 9.17) is 11.6 Å². The van der Waals surface area contributed by atoms with Crippen LogP contribution in [-0.2, 0) is 18.9 Å². The lowest BCUT2D eigenvalue weighted by Crippen LogP contribution is -2.00. The average molecular weight is 363 g/mol. The van der Waals surface area contributed by atoms with E-state index < -0.39 is 0 Å². The molecule has 3 aromatic rings. The number of aliphatic hydroxyl groups is 1. The van der Waals surface area contributed by atoms with E-state index in [9.17, 15) is 9.50 Å². The Morgan fingerprint density at radius 1 is 1.12 bits per heavy atom. The molecule has 0 aliphatic carbocycles. The molecule has 0 radical (unpaired) electrons. The molecule has 0 spiro atoms. The SMILES string of the molecule is OCc1cn(Cc2ccc(F)cc2)c(SCc2ccccc2Cl)n1. The van der Waals surface area contributed by atoms with Gasteiger partial charge in [-0.1, -0.05) is 53.7 Å². The van der Waals surface area contributed by atoms with E-state index >= 15 is 0 Å². The summed E-state index contributed by atoms with van der Waals surface area (Å²) in [6.07, 6.45) is 1.82. The van der Waals surface area contributed by atoms with E-state index in [2.05, 4.69) is 4.98 Å². The van der Waals surface area contributed by atoms with Gasteiger partial charge in [0.15, 0.2) is 5.16 Å². The number of nitrogens with zero attached hydrogens (tertiary/aromatic N) is 2. The Balaban J connectivity index is 1.78. The maximum absolute atomic E-state index is 13.0. The van der Waals surface area contributed by atoms with Crippen LogP contribution in [0.3, 0.4) is 0 Å². The summed E-state index contributed by atoms with van der Waals surface area (Å²) in [4.78, 5) is 4.45. The molecule has 0 unspecified atom stereocenters. The summed E-state index contributed by atoms with van der Waals surface area (Å²) >= 11 is 7.75. The Bertz CT molecular complexity index is 820. The molecule has 0 aliphatic heterocycles. The highest BCUT2D eigenvalue weighted by Crippen LogP contribution is 2.27. The van der Waals surface area contributed by atoms with Crippen molar-refractivity contribution < 1.29 is 9.50 Å². The lowest BCUT2D eigenvalue weighted by molar-refractivity contribution is 0.277. The zero-order valence-corrected chi connectivity index (χ0v) is 14.4. The molecular weight excluding hydrogens is 347 g/mol. The molecule has 0 amide bonds. The van der Waals surface area contributed by atoms with E-state index in [1.165, 1.54) is 12.1 Å². The summed E-state index contributed by atoms with van der Waals surface area (Å²) in [5.74, 6) is 0.430. The lowest BCUT2D eigenvalue weighted by Gasteiger charge is -2.08. The fraction of sp³-hybridized carbons (Fsp3) is 0.167. The zero-order chi connectivity index (χ0) is 16.9. The first-order valence-corrected chi connectivity index (χ1v) is 8.79. The van der Waals surface area contributed by atoms with Gasteiger partial charge in [-0.05, 0) is 29.3 Å². The molecule has 0 atom stereocenters. The number of hydrogen-bond donors (Lipinski definition) is 1. The van der Waals surface area contributed by atoms with Gasteiger partial charge in [-0.3, -0.25) is 0 Å². The van der Waals surface area contributed by atoms with Gasteiger partial charge < -0.3 is 9.67 Å². The summed E-state index contributed by atoms with van der Waals surface area (Å²) in [5, 5.41) is 10.9. The van der Waals surface area contributed by atoms with Crippen LogP contribution < -0.4 is 0 Å². The molecular formula is C18H16ClFN2OS. The molecule has 0 fully saturated rings. The molecule has 0 saturated carbocycles. The van der Waals surface area contributed by atoms with Crippen molar-refractivity contribution in [2.24, 2.45) is 0 Å². The molecule has 24 heavy (non-hydrogen) atoms. The van der Waals surface area contributed by atoms with Crippen LogP contribution in [0.4, 0.5) is 4.39 Å². The van der Waals surface area contributed by atoms with Gasteiger partial charge in [-0.15, -0.1) is 0 Å². The van der Waals surface area contributed by atoms with E-state index in [-0.39, 0.29) is 12.4 Å². The van der Waals surface area contributed by atoms with Crippen molar-refractivity contribution >= 4 is 23.4 Å². The maximum atomic E-state index is 13.0. The highest BCUT2D eigenvalue weighted by atomic mass is 35.5. The lowest BCUT2D eigenvalue weighted by atomic mass is 10.2. The van der Waals surface area contributed by atoms with Crippen LogP contribution in [0, 0.1) is 5.82 Å². The standard InChI is InChI=1S/C18H16ClFN2OS/c19-17-4-2-1-3-14(17)12-24-18-21-16(11-23)10-22(18)9-13-5-7-15(20)8-6-13/h1-8,10,23H,9,11-12H2. The highest BCUT2D eigenvalue weighted by Gasteiger charge is 2.10. The van der Waals surface area contributed by atoms with Crippen LogP contribution in [-0.4, -0.2) is 14.7 Å². The number of thioether (sulfide) groups is 1. The second-order valence-electron chi connectivity index (χ2n) is 5.31. The first-order valence-electron chi connectivity index (χ1n) is 7.43. The smallest absolute Gasteiger partial charge is 0.168 e. The van der Waals surface area contributed by atoms with Crippen molar-refractivity contribution in [2.45, 2.75) is 24.1 Å². The number of rotatable bonds is 6. The summed E-state index contributed by atoms with van der Waals surface area (Å²) in [6.45, 7) is 0.453. The van der Waals surface area contributed by atoms with Crippen molar-refractivity contribution in [1.82, 2.24) is 9.55 Å². The Morgan fingerprint density at radius 2 is 1.88 bits per heavy atom. The van der Waals surface area contributed by atoms with Crippen LogP contribution in [0.15, 0.2) is 59.9 Å². The van der Waals surface area contributed by atoms with Gasteiger partial charge in [-0.2, -0.15) is 0 Å². The molecule has 3 nitrogen and oxygen atoms in total. The number of hydrogen-bond acceptors (Lipinski definition) is 3. The van der Waals surface area contributed by atoms with Crippen LogP contribution in [0.5, 0.6) is 0 Å². The molecule has 3 rings (SSSR count). The summed E-state index contributed by atoms with van der Waals surface area (Å²) in [5.41, 5.74) is 2.61. The highest BCUT2D eigenvalue weighted by molar-refractivity contribution is 7.98. The van der Waals surface area contributed by atoms with Crippen LogP contribution >= 0.6 is 23.4 Å². The van der Waals surface area contributed by atoms with Gasteiger partial charge >= 0.3 is 0 Å². The number of aliphatic hydroxyl groups excluding tert-OH is 1. The minimum atomic E-state index is -0.256. The first-order chi connectivity index (χ1) is 11.7. The third-order valence-electron chi connectivity index (χ3n) is 3.53. The second kappa shape index (κ2) is 7.83. The number of imidazole rings is 1. The predicted molar refractivity (Wildman–Crippen MR) is 94.7 cm³/mol. The Labute approximate surface area is 149 Å². The maximum Gasteiger partial charge on any atom is 0.168 e. The largest absolute Gasteiger partial charge is 0.390 e. The van der Waals surface area contributed by atoms with Crippen molar-refractivity contribution in [3.05, 3.63) is 82.4 Å². The fourth-order valence-corrected chi connectivity index (χ4v) is 3.58. The van der Waals surface area contributed by atoms with Crippen molar-refractivity contribution in [2.75, 3.05) is 0 Å². The molecule has 1 aromatic heterocycles. The Kier molecular flexibility index (Phi) is 5.56. The van der Waals surface area contributed by atoms with Crippen LogP contribution in [0.1, 0.15) is 16.8 Å². The molecule has 1 heterocycles. The van der Waals surface area contributed by atoms with Crippen LogP contribution in [0.2, 0.25) is 5.02 Å². The van der Waals surface area contributed by atoms with E-state index in [0.717, 1.165) is 21.3 Å². The second-order valence-corrected chi connectivity index (χ2v) is 6.66. The third-order valence-corrected chi connectivity index (χ3v) is 4.94. The zero-order valence-electron chi connectivity index (χ0n) is 12.8. The third kappa shape index (κ3) is 4.17. The van der Waals surface area contributed by atoms with Gasteiger partial charge in [0, 0.05) is 23.5 Å². The molecule has 6 heteroatoms. The molecule has 2 aromatic carbocycles. The van der Waals surface area contributed by atoms with E-state index in [1.807, 2.05) is 35.0 Å². The average Bonchev–Trinajstić information content (AvgIpc) is 2.98. The normalized spacial score (nSPS) is 11.0.